The van der Waals surface area contributed by atoms with E-state index in [-0.39, 0.29) is 11.1 Å². The van der Waals surface area contributed by atoms with E-state index in [4.69, 9.17) is 16.9 Å². The van der Waals surface area contributed by atoms with E-state index in [1.807, 2.05) is 0 Å². The first-order valence-corrected chi connectivity index (χ1v) is 6.20. The normalized spacial score (nSPS) is 16.5. The summed E-state index contributed by atoms with van der Waals surface area (Å²) in [5.74, 6) is 0.874. The van der Waals surface area contributed by atoms with E-state index >= 15 is 0 Å². The van der Waals surface area contributed by atoms with Crippen molar-refractivity contribution in [1.82, 2.24) is 4.90 Å². The van der Waals surface area contributed by atoms with Crippen LogP contribution in [0.1, 0.15) is 19.3 Å². The third kappa shape index (κ3) is 5.64. The number of aliphatic imine (C=N–C) groups is 1. The average molecular weight is 229 g/mol. The van der Waals surface area contributed by atoms with Gasteiger partial charge in [0.15, 0.2) is 11.1 Å². The van der Waals surface area contributed by atoms with Gasteiger partial charge in [-0.3, -0.25) is 5.41 Å². The van der Waals surface area contributed by atoms with Crippen LogP contribution in [0.3, 0.4) is 0 Å². The molecule has 15 heavy (non-hydrogen) atoms. The van der Waals surface area contributed by atoms with Gasteiger partial charge in [0, 0.05) is 5.75 Å². The molecule has 1 saturated heterocycles. The Bertz CT molecular complexity index is 231. The highest BCUT2D eigenvalue weighted by Gasteiger charge is 2.10. The minimum Gasteiger partial charge on any atom is -0.370 e. The second-order valence-electron chi connectivity index (χ2n) is 3.59. The third-order valence-corrected chi connectivity index (χ3v) is 3.14. The number of guanidine groups is 1. The summed E-state index contributed by atoms with van der Waals surface area (Å²) in [5.41, 5.74) is 10.3. The van der Waals surface area contributed by atoms with Crippen LogP contribution in [0.4, 0.5) is 0 Å². The van der Waals surface area contributed by atoms with Crippen molar-refractivity contribution in [3.63, 3.8) is 0 Å². The van der Waals surface area contributed by atoms with Gasteiger partial charge in [-0.1, -0.05) is 11.8 Å². The van der Waals surface area contributed by atoms with Gasteiger partial charge in [-0.05, 0) is 38.9 Å². The van der Waals surface area contributed by atoms with Gasteiger partial charge in [0.25, 0.3) is 0 Å². The first-order chi connectivity index (χ1) is 7.18. The van der Waals surface area contributed by atoms with Crippen LogP contribution in [0.2, 0.25) is 0 Å². The van der Waals surface area contributed by atoms with Gasteiger partial charge in [0.1, 0.15) is 0 Å². The van der Waals surface area contributed by atoms with E-state index in [2.05, 4.69) is 9.89 Å². The maximum absolute atomic E-state index is 7.41. The molecule has 0 radical (unpaired) electrons. The lowest BCUT2D eigenvalue weighted by atomic mass is 10.4. The van der Waals surface area contributed by atoms with E-state index in [1.165, 1.54) is 37.7 Å². The van der Waals surface area contributed by atoms with Crippen LogP contribution < -0.4 is 11.5 Å². The Labute approximate surface area is 94.8 Å². The molecule has 0 aliphatic carbocycles. The number of rotatable bonds is 4. The number of nitrogens with zero attached hydrogens (tertiary/aromatic N) is 2. The molecule has 5 N–H and O–H groups in total. The molecule has 1 rings (SSSR count). The van der Waals surface area contributed by atoms with Crippen LogP contribution in [0, 0.1) is 5.41 Å². The number of nitrogens with one attached hydrogen (secondary N) is 1. The molecule has 0 unspecified atom stereocenters. The summed E-state index contributed by atoms with van der Waals surface area (Å²) in [6.07, 6.45) is 3.75. The first kappa shape index (κ1) is 12.3. The number of likely N-dealkylation sites (tertiary alicyclic amines) is 1. The predicted octanol–water partition coefficient (Wildman–Crippen LogP) is 0.414. The molecule has 0 aromatic heterocycles. The standard InChI is InChI=1S/C9H19N5S/c10-8(11)13-9(12)15-7-3-6-14-4-1-2-5-14/h1-7H2,(H5,10,11,12,13). The fourth-order valence-electron chi connectivity index (χ4n) is 1.61. The van der Waals surface area contributed by atoms with E-state index in [9.17, 15) is 0 Å². The molecule has 0 aromatic carbocycles. The second-order valence-corrected chi connectivity index (χ2v) is 4.68. The first-order valence-electron chi connectivity index (χ1n) is 5.22. The maximum atomic E-state index is 7.41. The van der Waals surface area contributed by atoms with Crippen LogP contribution in [-0.2, 0) is 0 Å². The smallest absolute Gasteiger partial charge is 0.193 e. The lowest BCUT2D eigenvalue weighted by Crippen LogP contribution is -2.23. The zero-order chi connectivity index (χ0) is 11.1. The van der Waals surface area contributed by atoms with Gasteiger partial charge in [-0.25, -0.2) is 0 Å². The second kappa shape index (κ2) is 6.68. The molecule has 86 valence electrons. The molecule has 1 aliphatic rings. The van der Waals surface area contributed by atoms with Crippen LogP contribution in [0.5, 0.6) is 0 Å². The number of thioether (sulfide) groups is 1. The van der Waals surface area contributed by atoms with Gasteiger partial charge in [0.05, 0.1) is 0 Å². The van der Waals surface area contributed by atoms with E-state index < -0.39 is 0 Å². The molecule has 1 fully saturated rings. The van der Waals surface area contributed by atoms with E-state index in [0.717, 1.165) is 18.7 Å². The molecule has 0 saturated carbocycles. The summed E-state index contributed by atoms with van der Waals surface area (Å²) >= 11 is 1.40. The third-order valence-electron chi connectivity index (χ3n) is 2.29. The van der Waals surface area contributed by atoms with Crippen molar-refractivity contribution in [3.05, 3.63) is 0 Å². The molecule has 0 aromatic rings. The molecule has 1 aliphatic heterocycles. The molecule has 0 amide bonds. The zero-order valence-electron chi connectivity index (χ0n) is 8.91. The van der Waals surface area contributed by atoms with Crippen molar-refractivity contribution in [2.75, 3.05) is 25.4 Å². The molecular weight excluding hydrogens is 210 g/mol. The summed E-state index contributed by atoms with van der Waals surface area (Å²) < 4.78 is 0. The Morgan fingerprint density at radius 1 is 1.33 bits per heavy atom. The van der Waals surface area contributed by atoms with E-state index in [0.29, 0.717) is 0 Å². The fourth-order valence-corrected chi connectivity index (χ4v) is 2.25. The molecule has 1 heterocycles. The van der Waals surface area contributed by atoms with Crippen LogP contribution >= 0.6 is 11.8 Å². The topological polar surface area (TPSA) is 91.5 Å². The highest BCUT2D eigenvalue weighted by Crippen LogP contribution is 2.10. The summed E-state index contributed by atoms with van der Waals surface area (Å²) in [7, 11) is 0. The molecule has 5 nitrogen and oxygen atoms in total. The van der Waals surface area contributed by atoms with Crippen LogP contribution in [0.15, 0.2) is 4.99 Å². The Morgan fingerprint density at radius 2 is 2.00 bits per heavy atom. The van der Waals surface area contributed by atoms with Crippen molar-refractivity contribution in [2.45, 2.75) is 19.3 Å². The molecule has 0 bridgehead atoms. The average Bonchev–Trinajstić information content (AvgIpc) is 2.63. The van der Waals surface area contributed by atoms with Gasteiger partial charge in [-0.2, -0.15) is 4.99 Å². The molecule has 0 atom stereocenters. The lowest BCUT2D eigenvalue weighted by molar-refractivity contribution is 0.341. The van der Waals surface area contributed by atoms with Crippen molar-refractivity contribution < 1.29 is 0 Å². The summed E-state index contributed by atoms with van der Waals surface area (Å²) in [4.78, 5) is 6.11. The summed E-state index contributed by atoms with van der Waals surface area (Å²) in [6, 6.07) is 0. The summed E-state index contributed by atoms with van der Waals surface area (Å²) in [5, 5.41) is 7.61. The highest BCUT2D eigenvalue weighted by atomic mass is 32.2. The Hall–Kier alpha value is -0.750. The van der Waals surface area contributed by atoms with Gasteiger partial charge in [0.2, 0.25) is 0 Å². The number of hydrogen-bond acceptors (Lipinski definition) is 3. The minimum absolute atomic E-state index is 0.0351. The number of nitrogens with two attached hydrogens (primary N) is 2. The Kier molecular flexibility index (Phi) is 5.49. The predicted molar refractivity (Wildman–Crippen MR) is 66.3 cm³/mol. The molecular formula is C9H19N5S. The maximum Gasteiger partial charge on any atom is 0.193 e. The highest BCUT2D eigenvalue weighted by molar-refractivity contribution is 8.13. The number of hydrogen-bond donors (Lipinski definition) is 3. The van der Waals surface area contributed by atoms with Crippen molar-refractivity contribution >= 4 is 22.9 Å². The molecule has 6 heteroatoms. The summed E-state index contributed by atoms with van der Waals surface area (Å²) in [6.45, 7) is 3.59. The molecule has 0 spiro atoms. The lowest BCUT2D eigenvalue weighted by Gasteiger charge is -2.13. The van der Waals surface area contributed by atoms with Crippen molar-refractivity contribution in [2.24, 2.45) is 16.5 Å². The van der Waals surface area contributed by atoms with Gasteiger partial charge >= 0.3 is 0 Å². The zero-order valence-corrected chi connectivity index (χ0v) is 9.72. The van der Waals surface area contributed by atoms with E-state index in [1.54, 1.807) is 0 Å². The monoisotopic (exact) mass is 229 g/mol. The minimum atomic E-state index is -0.0351. The Balaban J connectivity index is 2.01. The SMILES string of the molecule is N=C(N=C(N)N)SCCCN1CCCC1. The van der Waals surface area contributed by atoms with Crippen LogP contribution in [-0.4, -0.2) is 41.4 Å². The van der Waals surface area contributed by atoms with Crippen molar-refractivity contribution in [1.29, 1.82) is 5.41 Å². The quantitative estimate of drug-likeness (QED) is 0.370. The largest absolute Gasteiger partial charge is 0.370 e. The van der Waals surface area contributed by atoms with Gasteiger partial charge in [-0.15, -0.1) is 0 Å². The number of amidine groups is 1. The van der Waals surface area contributed by atoms with Crippen LogP contribution in [0.25, 0.3) is 0 Å². The fraction of sp³-hybridized carbons (Fsp3) is 0.778. The van der Waals surface area contributed by atoms with Gasteiger partial charge < -0.3 is 16.4 Å². The van der Waals surface area contributed by atoms with Crippen molar-refractivity contribution in [3.8, 4) is 0 Å². The Morgan fingerprint density at radius 3 is 2.60 bits per heavy atom.